The Kier molecular flexibility index (Phi) is 4.62. The number of likely N-dealkylation sites (tertiary alicyclic amines) is 1. The number of rotatable bonds is 4. The highest BCUT2D eigenvalue weighted by Crippen LogP contribution is 2.30. The van der Waals surface area contributed by atoms with Gasteiger partial charge < -0.3 is 14.7 Å². The molecule has 6 nitrogen and oxygen atoms in total. The van der Waals surface area contributed by atoms with E-state index < -0.39 is 23.9 Å². The first-order chi connectivity index (χ1) is 9.93. The van der Waals surface area contributed by atoms with E-state index in [1.807, 2.05) is 0 Å². The first-order valence-electron chi connectivity index (χ1n) is 6.29. The second-order valence-corrected chi connectivity index (χ2v) is 5.68. The van der Waals surface area contributed by atoms with Gasteiger partial charge >= 0.3 is 11.9 Å². The Morgan fingerprint density at radius 3 is 2.76 bits per heavy atom. The number of ether oxygens (including phenoxy) is 1. The number of hydrogen-bond donors (Lipinski definition) is 1. The molecule has 0 radical (unpaired) electrons. The van der Waals surface area contributed by atoms with Crippen LogP contribution in [0.3, 0.4) is 0 Å². The molecule has 1 heterocycles. The van der Waals surface area contributed by atoms with Gasteiger partial charge in [0.05, 0.1) is 13.0 Å². The third kappa shape index (κ3) is 3.24. The van der Waals surface area contributed by atoms with Crippen LogP contribution < -0.4 is 0 Å². The number of carboxylic acid groups (broad SMARTS) is 1. The molecule has 0 aliphatic carbocycles. The summed E-state index contributed by atoms with van der Waals surface area (Å²) in [5, 5.41) is 9.45. The maximum atomic E-state index is 12.1. The number of carbonyl (C=O) groups is 3. The van der Waals surface area contributed by atoms with Crippen LogP contribution in [-0.2, 0) is 19.1 Å². The van der Waals surface area contributed by atoms with Crippen molar-refractivity contribution in [3.8, 4) is 0 Å². The minimum Gasteiger partial charge on any atom is -0.479 e. The summed E-state index contributed by atoms with van der Waals surface area (Å²) in [6, 6.07) is 5.66. The molecule has 1 N–H and O–H groups in total. The van der Waals surface area contributed by atoms with Crippen LogP contribution in [0.25, 0.3) is 0 Å². The molecule has 0 aromatic heterocycles. The molecule has 2 atom stereocenters. The maximum absolute atomic E-state index is 12.1. The predicted molar refractivity (Wildman–Crippen MR) is 76.4 cm³/mol. The van der Waals surface area contributed by atoms with Gasteiger partial charge in [-0.2, -0.15) is 0 Å². The average Bonchev–Trinajstić information content (AvgIpc) is 2.80. The van der Waals surface area contributed by atoms with E-state index in [2.05, 4.69) is 20.7 Å². The molecule has 1 aliphatic rings. The van der Waals surface area contributed by atoms with Gasteiger partial charge in [-0.3, -0.25) is 9.59 Å². The van der Waals surface area contributed by atoms with E-state index in [0.717, 1.165) is 4.47 Å². The van der Waals surface area contributed by atoms with Gasteiger partial charge in [0.15, 0.2) is 6.04 Å². The van der Waals surface area contributed by atoms with Crippen LogP contribution in [-0.4, -0.2) is 41.5 Å². The fourth-order valence-corrected chi connectivity index (χ4v) is 2.86. The number of benzene rings is 1. The van der Waals surface area contributed by atoms with Gasteiger partial charge in [-0.15, -0.1) is 0 Å². The van der Waals surface area contributed by atoms with Crippen molar-refractivity contribution in [2.75, 3.05) is 13.7 Å². The van der Waals surface area contributed by atoms with Gasteiger partial charge in [0.2, 0.25) is 5.91 Å². The zero-order valence-corrected chi connectivity index (χ0v) is 12.9. The van der Waals surface area contributed by atoms with Gasteiger partial charge in [-0.1, -0.05) is 28.1 Å². The highest BCUT2D eigenvalue weighted by Gasteiger charge is 2.41. The summed E-state index contributed by atoms with van der Waals surface area (Å²) >= 11 is 3.28. The lowest BCUT2D eigenvalue weighted by atomic mass is 10.1. The molecule has 0 bridgehead atoms. The first-order valence-corrected chi connectivity index (χ1v) is 7.09. The fraction of sp³-hybridized carbons (Fsp3) is 0.357. The maximum Gasteiger partial charge on any atom is 0.331 e. The van der Waals surface area contributed by atoms with Crippen LogP contribution in [0.5, 0.6) is 0 Å². The van der Waals surface area contributed by atoms with E-state index in [1.54, 1.807) is 24.3 Å². The molecule has 2 rings (SSSR count). The molecule has 1 aliphatic heterocycles. The van der Waals surface area contributed by atoms with Crippen molar-refractivity contribution in [3.63, 3.8) is 0 Å². The Hall–Kier alpha value is -1.89. The third-order valence-electron chi connectivity index (χ3n) is 3.40. The normalized spacial score (nSPS) is 19.4. The molecule has 1 saturated heterocycles. The SMILES string of the molecule is COC(=O)C1CC(=O)N(C(C(=O)O)c2cccc(Br)c2)C1. The average molecular weight is 356 g/mol. The standard InChI is InChI=1S/C14H14BrNO5/c1-21-14(20)9-6-11(17)16(7-9)12(13(18)19)8-3-2-4-10(15)5-8/h2-5,9,12H,6-7H2,1H3,(H,18,19). The molecule has 1 fully saturated rings. The van der Waals surface area contributed by atoms with Gasteiger partial charge in [0.1, 0.15) is 0 Å². The molecule has 112 valence electrons. The third-order valence-corrected chi connectivity index (χ3v) is 3.90. The zero-order valence-electron chi connectivity index (χ0n) is 11.3. The van der Waals surface area contributed by atoms with Gasteiger partial charge in [-0.05, 0) is 17.7 Å². The molecule has 0 saturated carbocycles. The second kappa shape index (κ2) is 6.26. The number of halogens is 1. The van der Waals surface area contributed by atoms with E-state index >= 15 is 0 Å². The van der Waals surface area contributed by atoms with E-state index in [9.17, 15) is 19.5 Å². The number of amides is 1. The Bertz CT molecular complexity index is 588. The quantitative estimate of drug-likeness (QED) is 0.829. The summed E-state index contributed by atoms with van der Waals surface area (Å²) in [5.74, 6) is -2.61. The summed E-state index contributed by atoms with van der Waals surface area (Å²) in [5.41, 5.74) is 0.482. The number of carbonyl (C=O) groups excluding carboxylic acids is 2. The smallest absolute Gasteiger partial charge is 0.331 e. The number of carboxylic acids is 1. The lowest BCUT2D eigenvalue weighted by molar-refractivity contribution is -0.149. The van der Waals surface area contributed by atoms with Crippen LogP contribution >= 0.6 is 15.9 Å². The molecule has 1 amide bonds. The molecule has 1 aromatic rings. The zero-order chi connectivity index (χ0) is 15.6. The lowest BCUT2D eigenvalue weighted by Crippen LogP contribution is -2.36. The van der Waals surface area contributed by atoms with Crippen LogP contribution in [0.15, 0.2) is 28.7 Å². The Balaban J connectivity index is 2.29. The van der Waals surface area contributed by atoms with Crippen molar-refractivity contribution in [1.82, 2.24) is 4.90 Å². The second-order valence-electron chi connectivity index (χ2n) is 4.77. The summed E-state index contributed by atoms with van der Waals surface area (Å²) < 4.78 is 5.35. The Labute approximate surface area is 129 Å². The summed E-state index contributed by atoms with van der Waals surface area (Å²) in [6.07, 6.45) is -0.0234. The number of methoxy groups -OCH3 is 1. The molecular weight excluding hydrogens is 342 g/mol. The van der Waals surface area contributed by atoms with Crippen LogP contribution in [0.1, 0.15) is 18.0 Å². The fourth-order valence-electron chi connectivity index (χ4n) is 2.44. The van der Waals surface area contributed by atoms with Crippen molar-refractivity contribution >= 4 is 33.8 Å². The number of nitrogens with zero attached hydrogens (tertiary/aromatic N) is 1. The van der Waals surface area contributed by atoms with Crippen molar-refractivity contribution in [1.29, 1.82) is 0 Å². The topological polar surface area (TPSA) is 83.9 Å². The van der Waals surface area contributed by atoms with Crippen LogP contribution in [0.2, 0.25) is 0 Å². The summed E-state index contributed by atoms with van der Waals surface area (Å²) in [6.45, 7) is 0.0506. The van der Waals surface area contributed by atoms with Crippen LogP contribution in [0.4, 0.5) is 0 Å². The minimum atomic E-state index is -1.13. The van der Waals surface area contributed by atoms with E-state index in [1.165, 1.54) is 12.0 Å². The molecule has 2 unspecified atom stereocenters. The first kappa shape index (κ1) is 15.5. The van der Waals surface area contributed by atoms with E-state index in [4.69, 9.17) is 0 Å². The van der Waals surface area contributed by atoms with E-state index in [-0.39, 0.29) is 18.9 Å². The largest absolute Gasteiger partial charge is 0.479 e. The summed E-state index contributed by atoms with van der Waals surface area (Å²) in [4.78, 5) is 36.4. The summed E-state index contributed by atoms with van der Waals surface area (Å²) in [7, 11) is 1.25. The van der Waals surface area contributed by atoms with Crippen molar-refractivity contribution in [2.24, 2.45) is 5.92 Å². The minimum absolute atomic E-state index is 0.0234. The molecule has 7 heteroatoms. The number of aliphatic carboxylic acids is 1. The van der Waals surface area contributed by atoms with Crippen molar-refractivity contribution < 1.29 is 24.2 Å². The molecule has 1 aromatic carbocycles. The molecule has 0 spiro atoms. The van der Waals surface area contributed by atoms with Gasteiger partial charge in [0.25, 0.3) is 0 Å². The van der Waals surface area contributed by atoms with Crippen molar-refractivity contribution in [3.05, 3.63) is 34.3 Å². The van der Waals surface area contributed by atoms with E-state index in [0.29, 0.717) is 5.56 Å². The van der Waals surface area contributed by atoms with Gasteiger partial charge in [-0.25, -0.2) is 4.79 Å². The number of esters is 1. The monoisotopic (exact) mass is 355 g/mol. The number of hydrogen-bond acceptors (Lipinski definition) is 4. The Morgan fingerprint density at radius 1 is 1.48 bits per heavy atom. The molecule has 21 heavy (non-hydrogen) atoms. The van der Waals surface area contributed by atoms with Crippen LogP contribution in [0, 0.1) is 5.92 Å². The highest BCUT2D eigenvalue weighted by atomic mass is 79.9. The lowest BCUT2D eigenvalue weighted by Gasteiger charge is -2.25. The highest BCUT2D eigenvalue weighted by molar-refractivity contribution is 9.10. The predicted octanol–water partition coefficient (Wildman–Crippen LogP) is 1.60. The van der Waals surface area contributed by atoms with Gasteiger partial charge in [0, 0.05) is 17.4 Å². The Morgan fingerprint density at radius 2 is 2.19 bits per heavy atom. The van der Waals surface area contributed by atoms with Crippen molar-refractivity contribution in [2.45, 2.75) is 12.5 Å². The molecular formula is C14H14BrNO5.